The molecule has 2 heterocycles. The molecular formula is C33H36FN3O3. The van der Waals surface area contributed by atoms with Crippen molar-refractivity contribution >= 4 is 23.1 Å². The number of para-hydroxylation sites is 2. The molecule has 3 aromatic rings. The van der Waals surface area contributed by atoms with E-state index in [4.69, 9.17) is 4.74 Å². The average Bonchev–Trinajstić information content (AvgIpc) is 3.26. The molecule has 0 aliphatic carbocycles. The SMILES string of the molecule is CC(=C1Oc2ccccc2N(Cc2ccc(F)cc2)C1=O)c1ccc(C(=O)NCCCN2CCCCCC2)cc1. The molecule has 0 aromatic heterocycles. The Kier molecular flexibility index (Phi) is 8.91. The Morgan fingerprint density at radius 1 is 0.900 bits per heavy atom. The largest absolute Gasteiger partial charge is 0.449 e. The van der Waals surface area contributed by atoms with E-state index in [9.17, 15) is 14.0 Å². The van der Waals surface area contributed by atoms with E-state index in [0.29, 0.717) is 29.1 Å². The van der Waals surface area contributed by atoms with E-state index >= 15 is 0 Å². The first-order chi connectivity index (χ1) is 19.5. The van der Waals surface area contributed by atoms with Crippen LogP contribution in [0, 0.1) is 5.82 Å². The van der Waals surface area contributed by atoms with E-state index < -0.39 is 0 Å². The molecule has 0 spiro atoms. The molecule has 7 heteroatoms. The van der Waals surface area contributed by atoms with Crippen LogP contribution in [0.2, 0.25) is 0 Å². The van der Waals surface area contributed by atoms with Gasteiger partial charge in [-0.2, -0.15) is 0 Å². The number of anilines is 1. The van der Waals surface area contributed by atoms with Crippen molar-refractivity contribution in [2.75, 3.05) is 31.1 Å². The summed E-state index contributed by atoms with van der Waals surface area (Å²) in [5, 5.41) is 3.03. The lowest BCUT2D eigenvalue weighted by Crippen LogP contribution is -2.37. The Hall–Kier alpha value is -3.97. The lowest BCUT2D eigenvalue weighted by atomic mass is 10.0. The van der Waals surface area contributed by atoms with E-state index in [-0.39, 0.29) is 29.9 Å². The molecule has 0 bridgehead atoms. The highest BCUT2D eigenvalue weighted by atomic mass is 19.1. The summed E-state index contributed by atoms with van der Waals surface area (Å²) in [6.07, 6.45) is 6.11. The maximum atomic E-state index is 13.6. The summed E-state index contributed by atoms with van der Waals surface area (Å²) < 4.78 is 19.5. The van der Waals surface area contributed by atoms with Crippen molar-refractivity contribution < 1.29 is 18.7 Å². The second-order valence-electron chi connectivity index (χ2n) is 10.5. The molecule has 1 saturated heterocycles. The van der Waals surface area contributed by atoms with Crippen LogP contribution in [0.5, 0.6) is 5.75 Å². The number of ether oxygens (including phenoxy) is 1. The summed E-state index contributed by atoms with van der Waals surface area (Å²) >= 11 is 0. The first-order valence-corrected chi connectivity index (χ1v) is 14.1. The van der Waals surface area contributed by atoms with Gasteiger partial charge in [-0.25, -0.2) is 4.39 Å². The fourth-order valence-corrected chi connectivity index (χ4v) is 5.29. The van der Waals surface area contributed by atoms with Gasteiger partial charge in [0.05, 0.1) is 12.2 Å². The van der Waals surface area contributed by atoms with Crippen molar-refractivity contribution in [3.8, 4) is 5.75 Å². The zero-order valence-electron chi connectivity index (χ0n) is 23.0. The number of amides is 2. The van der Waals surface area contributed by atoms with E-state index in [1.54, 1.807) is 29.2 Å². The molecule has 2 aliphatic rings. The van der Waals surface area contributed by atoms with Crippen molar-refractivity contribution in [2.24, 2.45) is 0 Å². The van der Waals surface area contributed by atoms with Crippen molar-refractivity contribution in [2.45, 2.75) is 45.6 Å². The first kappa shape index (κ1) is 27.6. The van der Waals surface area contributed by atoms with Gasteiger partial charge in [-0.05, 0) is 93.3 Å². The Bertz CT molecular complexity index is 1360. The summed E-state index contributed by atoms with van der Waals surface area (Å²) in [6.45, 7) is 6.10. The number of nitrogens with one attached hydrogen (secondary N) is 1. The van der Waals surface area contributed by atoms with Gasteiger partial charge in [0.15, 0.2) is 11.5 Å². The van der Waals surface area contributed by atoms with E-state index in [1.165, 1.54) is 37.8 Å². The van der Waals surface area contributed by atoms with E-state index in [0.717, 1.165) is 37.2 Å². The van der Waals surface area contributed by atoms with Crippen LogP contribution < -0.4 is 15.0 Å². The number of allylic oxidation sites excluding steroid dienone is 1. The quantitative estimate of drug-likeness (QED) is 0.273. The van der Waals surface area contributed by atoms with Crippen molar-refractivity contribution in [3.05, 3.63) is 101 Å². The highest BCUT2D eigenvalue weighted by Gasteiger charge is 2.32. The third kappa shape index (κ3) is 6.59. The van der Waals surface area contributed by atoms with E-state index in [2.05, 4.69) is 10.2 Å². The summed E-state index contributed by atoms with van der Waals surface area (Å²) in [7, 11) is 0. The van der Waals surface area contributed by atoms with Gasteiger partial charge in [0.1, 0.15) is 5.82 Å². The fraction of sp³-hybridized carbons (Fsp3) is 0.333. The lowest BCUT2D eigenvalue weighted by molar-refractivity contribution is -0.117. The maximum absolute atomic E-state index is 13.6. The second-order valence-corrected chi connectivity index (χ2v) is 10.5. The number of fused-ring (bicyclic) bond motifs is 1. The van der Waals surface area contributed by atoms with Crippen LogP contribution in [0.25, 0.3) is 5.57 Å². The standard InChI is InChI=1S/C33H36FN3O3/c1-24(26-13-15-27(16-14-26)32(38)35-19-8-22-36-20-6-2-3-7-21-36)31-33(39)37(23-25-11-17-28(34)18-12-25)29-9-4-5-10-30(29)40-31/h4-5,9-18H,2-3,6-8,19-23H2,1H3,(H,35,38). The molecule has 208 valence electrons. The van der Waals surface area contributed by atoms with Crippen LogP contribution in [-0.4, -0.2) is 42.9 Å². The van der Waals surface area contributed by atoms with Gasteiger partial charge in [-0.1, -0.05) is 49.2 Å². The van der Waals surface area contributed by atoms with Gasteiger partial charge in [0.25, 0.3) is 11.8 Å². The van der Waals surface area contributed by atoms with Crippen molar-refractivity contribution in [1.82, 2.24) is 10.2 Å². The Balaban J connectivity index is 1.26. The van der Waals surface area contributed by atoms with Crippen LogP contribution in [0.15, 0.2) is 78.6 Å². The van der Waals surface area contributed by atoms with Gasteiger partial charge < -0.3 is 15.0 Å². The topological polar surface area (TPSA) is 61.9 Å². The summed E-state index contributed by atoms with van der Waals surface area (Å²) in [4.78, 5) is 30.5. The number of carbonyl (C=O) groups excluding carboxylic acids is 2. The van der Waals surface area contributed by atoms with Crippen molar-refractivity contribution in [1.29, 1.82) is 0 Å². The normalized spacial score (nSPS) is 17.1. The first-order valence-electron chi connectivity index (χ1n) is 14.1. The minimum Gasteiger partial charge on any atom is -0.449 e. The maximum Gasteiger partial charge on any atom is 0.294 e. The number of likely N-dealkylation sites (tertiary alicyclic amines) is 1. The molecule has 0 radical (unpaired) electrons. The monoisotopic (exact) mass is 541 g/mol. The van der Waals surface area contributed by atoms with Gasteiger partial charge >= 0.3 is 0 Å². The third-order valence-corrected chi connectivity index (χ3v) is 7.62. The predicted octanol–water partition coefficient (Wildman–Crippen LogP) is 6.18. The van der Waals surface area contributed by atoms with Gasteiger partial charge in [0.2, 0.25) is 0 Å². The van der Waals surface area contributed by atoms with Gasteiger partial charge in [0, 0.05) is 17.7 Å². The number of hydrogen-bond donors (Lipinski definition) is 1. The zero-order chi connectivity index (χ0) is 27.9. The van der Waals surface area contributed by atoms with E-state index in [1.807, 2.05) is 43.3 Å². The number of benzene rings is 3. The Labute approximate surface area is 235 Å². The number of rotatable bonds is 8. The second kappa shape index (κ2) is 12.9. The van der Waals surface area contributed by atoms with Gasteiger partial charge in [-0.15, -0.1) is 0 Å². The number of hydrogen-bond acceptors (Lipinski definition) is 4. The average molecular weight is 542 g/mol. The molecule has 5 rings (SSSR count). The summed E-state index contributed by atoms with van der Waals surface area (Å²) in [5.41, 5.74) is 3.52. The van der Waals surface area contributed by atoms with Crippen LogP contribution in [-0.2, 0) is 11.3 Å². The number of nitrogens with zero attached hydrogens (tertiary/aromatic N) is 2. The molecule has 3 aromatic carbocycles. The molecule has 1 N–H and O–H groups in total. The molecule has 40 heavy (non-hydrogen) atoms. The Morgan fingerprint density at radius 2 is 1.57 bits per heavy atom. The van der Waals surface area contributed by atoms with Crippen LogP contribution in [0.1, 0.15) is 60.5 Å². The van der Waals surface area contributed by atoms with Gasteiger partial charge in [-0.3, -0.25) is 14.5 Å². The highest BCUT2D eigenvalue weighted by Crippen LogP contribution is 2.38. The predicted molar refractivity (Wildman–Crippen MR) is 156 cm³/mol. The highest BCUT2D eigenvalue weighted by molar-refractivity contribution is 6.11. The minimum absolute atomic E-state index is 0.0999. The molecule has 0 saturated carbocycles. The number of carbonyl (C=O) groups is 2. The lowest BCUT2D eigenvalue weighted by Gasteiger charge is -2.31. The zero-order valence-corrected chi connectivity index (χ0v) is 23.0. The summed E-state index contributed by atoms with van der Waals surface area (Å²) in [6, 6.07) is 20.8. The minimum atomic E-state index is -0.321. The molecular weight excluding hydrogens is 505 g/mol. The summed E-state index contributed by atoms with van der Waals surface area (Å²) in [5.74, 6) is 0.115. The third-order valence-electron chi connectivity index (χ3n) is 7.62. The van der Waals surface area contributed by atoms with Crippen LogP contribution in [0.4, 0.5) is 10.1 Å². The fourth-order valence-electron chi connectivity index (χ4n) is 5.29. The molecule has 0 unspecified atom stereocenters. The molecule has 0 atom stereocenters. The van der Waals surface area contributed by atoms with Crippen LogP contribution >= 0.6 is 0 Å². The Morgan fingerprint density at radius 3 is 2.30 bits per heavy atom. The molecule has 1 fully saturated rings. The molecule has 2 amide bonds. The smallest absolute Gasteiger partial charge is 0.294 e. The van der Waals surface area contributed by atoms with Crippen molar-refractivity contribution in [3.63, 3.8) is 0 Å². The molecule has 6 nitrogen and oxygen atoms in total. The molecule has 2 aliphatic heterocycles. The number of halogens is 1. The van der Waals surface area contributed by atoms with Crippen LogP contribution in [0.3, 0.4) is 0 Å².